The summed E-state index contributed by atoms with van der Waals surface area (Å²) in [7, 11) is 0. The molecule has 2 aliphatic rings. The molecule has 3 heterocycles. The molecule has 0 bridgehead atoms. The van der Waals surface area contributed by atoms with Crippen LogP contribution in [0.4, 0.5) is 4.79 Å². The van der Waals surface area contributed by atoms with Crippen LogP contribution in [0.3, 0.4) is 0 Å². The molecule has 0 spiro atoms. The van der Waals surface area contributed by atoms with Crippen LogP contribution in [0.1, 0.15) is 51.7 Å². The quantitative estimate of drug-likeness (QED) is 0.594. The molecule has 0 saturated carbocycles. The molecular weight excluding hydrogens is 426 g/mol. The van der Waals surface area contributed by atoms with Crippen LogP contribution in [0.15, 0.2) is 18.3 Å². The van der Waals surface area contributed by atoms with Gasteiger partial charge >= 0.3 is 6.09 Å². The topological polar surface area (TPSA) is 142 Å². The zero-order valence-electron chi connectivity index (χ0n) is 19.6. The van der Waals surface area contributed by atoms with Crippen molar-refractivity contribution in [2.24, 2.45) is 5.73 Å². The highest BCUT2D eigenvalue weighted by molar-refractivity contribution is 5.87. The number of nitrogens with zero attached hydrogens (tertiary/aromatic N) is 3. The SMILES string of the molecule is CC(=O)O.CC(C)(C)OC(=O)N1CCC(N2Cc3c(ccc4[nH]ncc34)C[C@@H](N)C2=O)CC1. The van der Waals surface area contributed by atoms with Gasteiger partial charge in [-0.3, -0.25) is 14.7 Å². The zero-order chi connectivity index (χ0) is 24.3. The predicted octanol–water partition coefficient (Wildman–Crippen LogP) is 2.27. The van der Waals surface area contributed by atoms with Crippen molar-refractivity contribution < 1.29 is 24.2 Å². The van der Waals surface area contributed by atoms with Crippen LogP contribution < -0.4 is 5.73 Å². The van der Waals surface area contributed by atoms with Crippen LogP contribution in [0.5, 0.6) is 0 Å². The normalized spacial score (nSPS) is 19.4. The molecule has 33 heavy (non-hydrogen) atoms. The standard InChI is InChI=1S/C21H29N5O3.C2H4O2/c1-21(2,3)29-20(28)25-8-6-14(7-9-25)26-12-16-13(10-17(22)19(26)27)4-5-18-15(16)11-23-24-18;1-2(3)4/h4-5,11,14,17H,6-10,12,22H2,1-3H3,(H,23,24);1H3,(H,3,4)/t17-;/m1./s1. The van der Waals surface area contributed by atoms with Gasteiger partial charge in [-0.15, -0.1) is 0 Å². The van der Waals surface area contributed by atoms with Gasteiger partial charge in [0.2, 0.25) is 5.91 Å². The number of ether oxygens (including phenoxy) is 1. The summed E-state index contributed by atoms with van der Waals surface area (Å²) in [5.74, 6) is -0.853. The maximum Gasteiger partial charge on any atom is 0.410 e. The van der Waals surface area contributed by atoms with E-state index in [2.05, 4.69) is 10.2 Å². The van der Waals surface area contributed by atoms with Gasteiger partial charge in [-0.1, -0.05) is 6.07 Å². The van der Waals surface area contributed by atoms with Crippen molar-refractivity contribution in [3.63, 3.8) is 0 Å². The molecule has 1 atom stereocenters. The maximum atomic E-state index is 13.1. The number of aromatic amines is 1. The lowest BCUT2D eigenvalue weighted by Gasteiger charge is -2.39. The Hall–Kier alpha value is -3.14. The number of carbonyl (C=O) groups is 3. The number of piperidine rings is 1. The molecule has 4 N–H and O–H groups in total. The molecule has 10 heteroatoms. The lowest BCUT2D eigenvalue weighted by molar-refractivity contribution is -0.136. The molecule has 1 aromatic heterocycles. The first kappa shape index (κ1) is 24.5. The number of hydrogen-bond donors (Lipinski definition) is 3. The molecular formula is C23H33N5O5. The Kier molecular flexibility index (Phi) is 7.26. The number of benzene rings is 1. The highest BCUT2D eigenvalue weighted by Gasteiger charge is 2.35. The van der Waals surface area contributed by atoms with E-state index in [1.54, 1.807) is 4.90 Å². The van der Waals surface area contributed by atoms with E-state index in [1.807, 2.05) is 44.0 Å². The van der Waals surface area contributed by atoms with Gasteiger partial charge in [-0.05, 0) is 57.2 Å². The summed E-state index contributed by atoms with van der Waals surface area (Å²) in [6.45, 7) is 8.34. The lowest BCUT2D eigenvalue weighted by Crippen LogP contribution is -2.52. The smallest absolute Gasteiger partial charge is 0.410 e. The predicted molar refractivity (Wildman–Crippen MR) is 122 cm³/mol. The number of carboxylic acid groups (broad SMARTS) is 1. The Morgan fingerprint density at radius 3 is 2.48 bits per heavy atom. The molecule has 0 unspecified atom stereocenters. The van der Waals surface area contributed by atoms with Gasteiger partial charge in [0.15, 0.2) is 0 Å². The first-order valence-corrected chi connectivity index (χ1v) is 11.1. The third-order valence-corrected chi connectivity index (χ3v) is 5.76. The van der Waals surface area contributed by atoms with Gasteiger partial charge < -0.3 is 25.4 Å². The average Bonchev–Trinajstić information content (AvgIpc) is 3.15. The van der Waals surface area contributed by atoms with E-state index in [1.165, 1.54) is 0 Å². The summed E-state index contributed by atoms with van der Waals surface area (Å²) in [6.07, 6.45) is 3.49. The highest BCUT2D eigenvalue weighted by atomic mass is 16.6. The number of nitrogens with two attached hydrogens (primary N) is 1. The van der Waals surface area contributed by atoms with Crippen molar-refractivity contribution in [1.29, 1.82) is 0 Å². The summed E-state index contributed by atoms with van der Waals surface area (Å²) in [4.78, 5) is 38.0. The molecule has 180 valence electrons. The largest absolute Gasteiger partial charge is 0.481 e. The molecule has 1 aromatic carbocycles. The first-order valence-electron chi connectivity index (χ1n) is 11.1. The van der Waals surface area contributed by atoms with Crippen molar-refractivity contribution in [1.82, 2.24) is 20.0 Å². The van der Waals surface area contributed by atoms with Gasteiger partial charge in [0.25, 0.3) is 5.97 Å². The number of fused-ring (bicyclic) bond motifs is 3. The second-order valence-electron chi connectivity index (χ2n) is 9.53. The molecule has 0 aliphatic carbocycles. The van der Waals surface area contributed by atoms with Gasteiger partial charge in [0.1, 0.15) is 5.60 Å². The van der Waals surface area contributed by atoms with Crippen LogP contribution in [0.25, 0.3) is 10.9 Å². The monoisotopic (exact) mass is 459 g/mol. The Morgan fingerprint density at radius 2 is 1.88 bits per heavy atom. The average molecular weight is 460 g/mol. The number of H-pyrrole nitrogens is 1. The Balaban J connectivity index is 0.000000709. The summed E-state index contributed by atoms with van der Waals surface area (Å²) < 4.78 is 5.48. The van der Waals surface area contributed by atoms with Crippen LogP contribution >= 0.6 is 0 Å². The molecule has 1 saturated heterocycles. The van der Waals surface area contributed by atoms with Crippen molar-refractivity contribution >= 4 is 28.9 Å². The van der Waals surface area contributed by atoms with Crippen molar-refractivity contribution in [3.05, 3.63) is 29.5 Å². The molecule has 4 rings (SSSR count). The third kappa shape index (κ3) is 6.01. The highest BCUT2D eigenvalue weighted by Crippen LogP contribution is 2.30. The molecule has 0 radical (unpaired) electrons. The van der Waals surface area contributed by atoms with Crippen LogP contribution in [0, 0.1) is 0 Å². The van der Waals surface area contributed by atoms with Crippen LogP contribution in [-0.4, -0.2) is 73.8 Å². The number of aliphatic carboxylic acids is 1. The fourth-order valence-electron chi connectivity index (χ4n) is 4.28. The van der Waals surface area contributed by atoms with Crippen LogP contribution in [-0.2, 0) is 27.3 Å². The maximum absolute atomic E-state index is 13.1. The molecule has 10 nitrogen and oxygen atoms in total. The first-order chi connectivity index (χ1) is 15.5. The fraction of sp³-hybridized carbons (Fsp3) is 0.565. The molecule has 2 amide bonds. The Bertz CT molecular complexity index is 1020. The van der Waals surface area contributed by atoms with Crippen molar-refractivity contribution in [2.75, 3.05) is 13.1 Å². The van der Waals surface area contributed by atoms with Gasteiger partial charge in [-0.2, -0.15) is 5.10 Å². The second kappa shape index (κ2) is 9.78. The number of carbonyl (C=O) groups excluding carboxylic acids is 2. The van der Waals surface area contributed by atoms with E-state index in [-0.39, 0.29) is 18.0 Å². The lowest BCUT2D eigenvalue weighted by atomic mass is 9.99. The summed E-state index contributed by atoms with van der Waals surface area (Å²) in [5, 5.41) is 15.6. The summed E-state index contributed by atoms with van der Waals surface area (Å²) >= 11 is 0. The number of carboxylic acids is 1. The van der Waals surface area contributed by atoms with E-state index in [0.29, 0.717) is 38.9 Å². The van der Waals surface area contributed by atoms with Gasteiger partial charge in [0, 0.05) is 38.0 Å². The minimum atomic E-state index is -0.833. The van der Waals surface area contributed by atoms with Crippen LogP contribution in [0.2, 0.25) is 0 Å². The van der Waals surface area contributed by atoms with E-state index in [4.69, 9.17) is 20.4 Å². The number of nitrogens with one attached hydrogen (secondary N) is 1. The van der Waals surface area contributed by atoms with E-state index >= 15 is 0 Å². The molecule has 2 aliphatic heterocycles. The fourth-order valence-corrected chi connectivity index (χ4v) is 4.28. The Labute approximate surface area is 193 Å². The minimum absolute atomic E-state index is 0.0198. The molecule has 2 aromatic rings. The Morgan fingerprint density at radius 1 is 1.24 bits per heavy atom. The van der Waals surface area contributed by atoms with E-state index in [0.717, 1.165) is 29.0 Å². The van der Waals surface area contributed by atoms with Gasteiger partial charge in [-0.25, -0.2) is 4.79 Å². The zero-order valence-corrected chi connectivity index (χ0v) is 19.6. The van der Waals surface area contributed by atoms with E-state index in [9.17, 15) is 9.59 Å². The second-order valence-corrected chi connectivity index (χ2v) is 9.53. The third-order valence-electron chi connectivity index (χ3n) is 5.76. The summed E-state index contributed by atoms with van der Waals surface area (Å²) in [5.41, 5.74) is 8.93. The summed E-state index contributed by atoms with van der Waals surface area (Å²) in [6, 6.07) is 3.54. The number of aromatic nitrogens is 2. The van der Waals surface area contributed by atoms with E-state index < -0.39 is 17.6 Å². The number of rotatable bonds is 1. The number of hydrogen-bond acceptors (Lipinski definition) is 6. The van der Waals surface area contributed by atoms with Crippen molar-refractivity contribution in [2.45, 2.75) is 71.2 Å². The minimum Gasteiger partial charge on any atom is -0.481 e. The van der Waals surface area contributed by atoms with Gasteiger partial charge in [0.05, 0.1) is 17.8 Å². The number of likely N-dealkylation sites (tertiary alicyclic amines) is 1. The van der Waals surface area contributed by atoms with Crippen molar-refractivity contribution in [3.8, 4) is 0 Å². The number of amides is 2. The molecule has 1 fully saturated rings.